The van der Waals surface area contributed by atoms with Crippen molar-refractivity contribution in [3.8, 4) is 50.2 Å². The molecule has 0 atom stereocenters. The molecule has 1 aromatic heterocycles. The molecule has 0 N–H and O–H groups in total. The van der Waals surface area contributed by atoms with Gasteiger partial charge < -0.3 is 9.47 Å². The van der Waals surface area contributed by atoms with E-state index in [1.807, 2.05) is 0 Å². The Morgan fingerprint density at radius 3 is 1.59 bits per heavy atom. The predicted octanol–water partition coefficient (Wildman–Crippen LogP) is 15.5. The highest BCUT2D eigenvalue weighted by Gasteiger charge is 2.24. The van der Waals surface area contributed by atoms with Crippen LogP contribution in [0.2, 0.25) is 0 Å². The number of para-hydroxylation sites is 2. The molecule has 58 heavy (non-hydrogen) atoms. The van der Waals surface area contributed by atoms with Crippen LogP contribution in [-0.4, -0.2) is 4.57 Å². The molecule has 0 aliphatic rings. The Labute approximate surface area is 340 Å². The minimum atomic E-state index is 1.09. The number of aromatic nitrogens is 1. The molecule has 2 nitrogen and oxygen atoms in total. The molecule has 0 saturated heterocycles. The van der Waals surface area contributed by atoms with Crippen molar-refractivity contribution < 1.29 is 0 Å². The Morgan fingerprint density at radius 1 is 0.345 bits per heavy atom. The van der Waals surface area contributed by atoms with Crippen molar-refractivity contribution in [1.29, 1.82) is 0 Å². The van der Waals surface area contributed by atoms with Crippen LogP contribution >= 0.6 is 0 Å². The molecule has 2 heteroatoms. The number of aryl methyl sites for hydroxylation is 2. The lowest BCUT2D eigenvalue weighted by Crippen LogP contribution is -2.11. The van der Waals surface area contributed by atoms with Gasteiger partial charge in [-0.1, -0.05) is 181 Å². The number of nitrogens with zero attached hydrogens (tertiary/aromatic N) is 2. The van der Waals surface area contributed by atoms with E-state index in [1.165, 1.54) is 71.9 Å². The van der Waals surface area contributed by atoms with E-state index in [0.29, 0.717) is 0 Å². The highest BCUT2D eigenvalue weighted by atomic mass is 15.2. The molecule has 1 heterocycles. The SMILES string of the molecule is Cc1cc(C)cc(-c2cc(-c3ccccc3)ccc2-n2c3ccccc3c3c(N(c4ccc(-c5ccccc5)cc4)c4ccccc4-c4ccccc4)cccc32)c1. The van der Waals surface area contributed by atoms with Gasteiger partial charge in [-0.25, -0.2) is 0 Å². The summed E-state index contributed by atoms with van der Waals surface area (Å²) < 4.78 is 2.48. The predicted molar refractivity (Wildman–Crippen MR) is 247 cm³/mol. The monoisotopic (exact) mass is 742 g/mol. The number of hydrogen-bond donors (Lipinski definition) is 0. The van der Waals surface area contributed by atoms with E-state index in [4.69, 9.17) is 0 Å². The summed E-state index contributed by atoms with van der Waals surface area (Å²) in [7, 11) is 0. The van der Waals surface area contributed by atoms with Gasteiger partial charge in [-0.05, 0) is 95.8 Å². The molecule has 0 bridgehead atoms. The van der Waals surface area contributed by atoms with Gasteiger partial charge in [0.25, 0.3) is 0 Å². The minimum absolute atomic E-state index is 1.09. The molecule has 0 fully saturated rings. The number of fused-ring (bicyclic) bond motifs is 3. The second-order valence-corrected chi connectivity index (χ2v) is 15.1. The first-order chi connectivity index (χ1) is 28.6. The van der Waals surface area contributed by atoms with Gasteiger partial charge in [0, 0.05) is 27.6 Å². The van der Waals surface area contributed by atoms with Gasteiger partial charge in [-0.15, -0.1) is 0 Å². The summed E-state index contributed by atoms with van der Waals surface area (Å²) in [5.41, 5.74) is 18.9. The van der Waals surface area contributed by atoms with Crippen LogP contribution in [0.1, 0.15) is 11.1 Å². The van der Waals surface area contributed by atoms with Crippen LogP contribution in [0, 0.1) is 13.8 Å². The van der Waals surface area contributed by atoms with Gasteiger partial charge in [-0.2, -0.15) is 0 Å². The number of anilines is 3. The molecule has 0 saturated carbocycles. The van der Waals surface area contributed by atoms with Crippen molar-refractivity contribution >= 4 is 38.9 Å². The largest absolute Gasteiger partial charge is 0.309 e. The maximum absolute atomic E-state index is 2.48. The van der Waals surface area contributed by atoms with E-state index in [1.54, 1.807) is 0 Å². The van der Waals surface area contributed by atoms with Crippen LogP contribution in [0.25, 0.3) is 72.0 Å². The molecule has 10 rings (SSSR count). The van der Waals surface area contributed by atoms with Crippen molar-refractivity contribution in [3.63, 3.8) is 0 Å². The van der Waals surface area contributed by atoms with Crippen LogP contribution in [0.5, 0.6) is 0 Å². The lowest BCUT2D eigenvalue weighted by Gasteiger charge is -2.29. The first-order valence-corrected chi connectivity index (χ1v) is 20.0. The van der Waals surface area contributed by atoms with Gasteiger partial charge in [0.15, 0.2) is 0 Å². The Morgan fingerprint density at radius 2 is 0.879 bits per heavy atom. The standard InChI is InChI=1S/C56H42N2/c1-39-35-40(2)37-46(36-39)50-38-45(42-19-8-4-9-20-42)31-34-53(50)58-52-26-15-13-24-49(52)56-54(27-16-28-55(56)58)57(47-32-29-43(30-33-47)41-17-6-3-7-18-41)51-25-14-12-23-48(51)44-21-10-5-11-22-44/h3-38H,1-2H3. The molecular formula is C56H42N2. The van der Waals surface area contributed by atoms with Gasteiger partial charge in [0.05, 0.1) is 28.1 Å². The quantitative estimate of drug-likeness (QED) is 0.150. The van der Waals surface area contributed by atoms with Crippen LogP contribution in [-0.2, 0) is 0 Å². The zero-order chi connectivity index (χ0) is 39.0. The van der Waals surface area contributed by atoms with Crippen LogP contribution in [0.15, 0.2) is 218 Å². The topological polar surface area (TPSA) is 8.17 Å². The van der Waals surface area contributed by atoms with E-state index >= 15 is 0 Å². The van der Waals surface area contributed by atoms with Crippen molar-refractivity contribution in [3.05, 3.63) is 230 Å². The van der Waals surface area contributed by atoms with Crippen molar-refractivity contribution in [2.24, 2.45) is 0 Å². The number of benzene rings is 9. The van der Waals surface area contributed by atoms with Gasteiger partial charge in [0.1, 0.15) is 0 Å². The van der Waals surface area contributed by atoms with E-state index in [9.17, 15) is 0 Å². The second kappa shape index (κ2) is 14.9. The summed E-state index contributed by atoms with van der Waals surface area (Å²) >= 11 is 0. The van der Waals surface area contributed by atoms with E-state index in [-0.39, 0.29) is 0 Å². The maximum Gasteiger partial charge on any atom is 0.0562 e. The summed E-state index contributed by atoms with van der Waals surface area (Å²) in [6, 6.07) is 79.4. The molecule has 9 aromatic carbocycles. The third-order valence-corrected chi connectivity index (χ3v) is 11.3. The molecule has 0 aliphatic carbocycles. The molecule has 0 unspecified atom stereocenters. The number of rotatable bonds is 8. The van der Waals surface area contributed by atoms with Gasteiger partial charge >= 0.3 is 0 Å². The third-order valence-electron chi connectivity index (χ3n) is 11.3. The highest BCUT2D eigenvalue weighted by molar-refractivity contribution is 6.17. The molecule has 0 radical (unpaired) electrons. The molecule has 10 aromatic rings. The van der Waals surface area contributed by atoms with Crippen LogP contribution < -0.4 is 4.90 Å². The lowest BCUT2D eigenvalue weighted by molar-refractivity contribution is 1.18. The molecule has 0 spiro atoms. The average molecular weight is 743 g/mol. The maximum atomic E-state index is 2.48. The molecular weight excluding hydrogens is 701 g/mol. The lowest BCUT2D eigenvalue weighted by atomic mass is 9.95. The average Bonchev–Trinajstić information content (AvgIpc) is 3.62. The first kappa shape index (κ1) is 35.0. The summed E-state index contributed by atoms with van der Waals surface area (Å²) in [6.45, 7) is 4.39. The molecule has 276 valence electrons. The second-order valence-electron chi connectivity index (χ2n) is 15.1. The Bertz CT molecular complexity index is 3030. The zero-order valence-electron chi connectivity index (χ0n) is 32.7. The van der Waals surface area contributed by atoms with Crippen molar-refractivity contribution in [1.82, 2.24) is 4.57 Å². The summed E-state index contributed by atoms with van der Waals surface area (Å²) in [5, 5.41) is 2.40. The van der Waals surface area contributed by atoms with Crippen LogP contribution in [0.3, 0.4) is 0 Å². The molecule has 0 amide bonds. The summed E-state index contributed by atoms with van der Waals surface area (Å²) in [5.74, 6) is 0. The fourth-order valence-corrected chi connectivity index (χ4v) is 8.72. The Balaban J connectivity index is 1.25. The molecule has 0 aliphatic heterocycles. The fraction of sp³-hybridized carbons (Fsp3) is 0.0357. The number of hydrogen-bond acceptors (Lipinski definition) is 1. The first-order valence-electron chi connectivity index (χ1n) is 20.0. The van der Waals surface area contributed by atoms with Crippen molar-refractivity contribution in [2.75, 3.05) is 4.90 Å². The minimum Gasteiger partial charge on any atom is -0.309 e. The summed E-state index contributed by atoms with van der Waals surface area (Å²) in [6.07, 6.45) is 0. The van der Waals surface area contributed by atoms with Gasteiger partial charge in [-0.3, -0.25) is 0 Å². The van der Waals surface area contributed by atoms with E-state index in [2.05, 4.69) is 242 Å². The van der Waals surface area contributed by atoms with Crippen LogP contribution in [0.4, 0.5) is 17.1 Å². The normalized spacial score (nSPS) is 11.3. The summed E-state index contributed by atoms with van der Waals surface area (Å²) in [4.78, 5) is 2.46. The Kier molecular flexibility index (Phi) is 9.01. The zero-order valence-corrected chi connectivity index (χ0v) is 32.7. The third kappa shape index (κ3) is 6.35. The fourth-order valence-electron chi connectivity index (χ4n) is 8.72. The van der Waals surface area contributed by atoms with E-state index in [0.717, 1.165) is 28.3 Å². The smallest absolute Gasteiger partial charge is 0.0562 e. The van der Waals surface area contributed by atoms with Crippen molar-refractivity contribution in [2.45, 2.75) is 13.8 Å². The van der Waals surface area contributed by atoms with Gasteiger partial charge in [0.2, 0.25) is 0 Å². The Hall–Kier alpha value is -7.42. The highest BCUT2D eigenvalue weighted by Crippen LogP contribution is 2.47. The van der Waals surface area contributed by atoms with E-state index < -0.39 is 0 Å².